The molecule has 11 heteroatoms. The van der Waals surface area contributed by atoms with E-state index in [-0.39, 0.29) is 10.4 Å². The summed E-state index contributed by atoms with van der Waals surface area (Å²) in [5.74, 6) is -4.60. The highest BCUT2D eigenvalue weighted by Gasteiger charge is 2.39. The van der Waals surface area contributed by atoms with Gasteiger partial charge >= 0.3 is 5.92 Å². The summed E-state index contributed by atoms with van der Waals surface area (Å²) in [5.41, 5.74) is 0.214. The predicted molar refractivity (Wildman–Crippen MR) is 119 cm³/mol. The van der Waals surface area contributed by atoms with Gasteiger partial charge in [0.05, 0.1) is 12.7 Å². The molecule has 176 valence electrons. The number of anilines is 1. The number of nitriles is 1. The minimum atomic E-state index is -3.61. The van der Waals surface area contributed by atoms with Crippen LogP contribution in [0.4, 0.5) is 14.6 Å². The van der Waals surface area contributed by atoms with Gasteiger partial charge in [-0.1, -0.05) is 29.8 Å². The van der Waals surface area contributed by atoms with E-state index in [9.17, 15) is 28.8 Å². The number of benzene rings is 1. The molecule has 0 aliphatic carbocycles. The van der Waals surface area contributed by atoms with Gasteiger partial charge in [0.15, 0.2) is 12.0 Å². The van der Waals surface area contributed by atoms with Crippen molar-refractivity contribution in [2.24, 2.45) is 0 Å². The van der Waals surface area contributed by atoms with Crippen molar-refractivity contribution in [3.05, 3.63) is 92.9 Å². The van der Waals surface area contributed by atoms with Gasteiger partial charge in [0.1, 0.15) is 18.3 Å². The fourth-order valence-corrected chi connectivity index (χ4v) is 3.27. The van der Waals surface area contributed by atoms with Crippen LogP contribution in [0.2, 0.25) is 0 Å². The van der Waals surface area contributed by atoms with Gasteiger partial charge in [-0.25, -0.2) is 4.98 Å². The molecule has 2 aromatic heterocycles. The van der Waals surface area contributed by atoms with Gasteiger partial charge in [-0.05, 0) is 25.0 Å². The maximum atomic E-state index is 14.5. The van der Waals surface area contributed by atoms with Crippen molar-refractivity contribution in [1.82, 2.24) is 14.9 Å². The number of aryl methyl sites for hydroxylation is 1. The van der Waals surface area contributed by atoms with Crippen molar-refractivity contribution in [3.8, 4) is 6.07 Å². The fourth-order valence-electron chi connectivity index (χ4n) is 3.27. The SMILES string of the molecule is Cc1cccc(CCNC(=O)Cn2c(C#N)cnc(NCC(F)(F)c3cccc[n+]3[O-])c2=O)c1. The number of carbonyl (C=O) groups is 1. The molecule has 34 heavy (non-hydrogen) atoms. The van der Waals surface area contributed by atoms with E-state index in [4.69, 9.17) is 0 Å². The molecular formula is C23H22F2N6O3. The summed E-state index contributed by atoms with van der Waals surface area (Å²) in [6.45, 7) is 0.702. The van der Waals surface area contributed by atoms with E-state index in [0.29, 0.717) is 13.0 Å². The zero-order valence-electron chi connectivity index (χ0n) is 18.3. The Labute approximate surface area is 193 Å². The molecule has 0 spiro atoms. The summed E-state index contributed by atoms with van der Waals surface area (Å²) in [6.07, 6.45) is 2.52. The van der Waals surface area contributed by atoms with Gasteiger partial charge in [-0.2, -0.15) is 18.8 Å². The largest absolute Gasteiger partial charge is 0.618 e. The second kappa shape index (κ2) is 10.5. The molecule has 0 fully saturated rings. The van der Waals surface area contributed by atoms with Crippen LogP contribution in [-0.4, -0.2) is 28.5 Å². The van der Waals surface area contributed by atoms with Gasteiger partial charge in [0, 0.05) is 18.7 Å². The third kappa shape index (κ3) is 5.92. The highest BCUT2D eigenvalue weighted by atomic mass is 19.3. The highest BCUT2D eigenvalue weighted by molar-refractivity contribution is 5.76. The maximum Gasteiger partial charge on any atom is 0.347 e. The van der Waals surface area contributed by atoms with Crippen molar-refractivity contribution in [3.63, 3.8) is 0 Å². The van der Waals surface area contributed by atoms with Crippen molar-refractivity contribution >= 4 is 11.7 Å². The Morgan fingerprint density at radius 3 is 2.79 bits per heavy atom. The van der Waals surface area contributed by atoms with Crippen molar-refractivity contribution < 1.29 is 18.3 Å². The molecule has 0 saturated carbocycles. The average Bonchev–Trinajstić information content (AvgIpc) is 2.80. The number of aromatic nitrogens is 3. The number of nitrogens with zero attached hydrogens (tertiary/aromatic N) is 4. The second-order valence-electron chi connectivity index (χ2n) is 7.55. The number of hydrogen-bond acceptors (Lipinski definition) is 6. The molecule has 0 aliphatic heterocycles. The molecule has 0 bridgehead atoms. The summed E-state index contributed by atoms with van der Waals surface area (Å²) in [4.78, 5) is 28.8. The zero-order chi connectivity index (χ0) is 24.7. The van der Waals surface area contributed by atoms with Gasteiger partial charge in [0.25, 0.3) is 11.3 Å². The number of nitrogens with one attached hydrogen (secondary N) is 2. The Morgan fingerprint density at radius 2 is 2.09 bits per heavy atom. The lowest BCUT2D eigenvalue weighted by Gasteiger charge is -2.17. The Morgan fingerprint density at radius 1 is 1.29 bits per heavy atom. The second-order valence-corrected chi connectivity index (χ2v) is 7.55. The van der Waals surface area contributed by atoms with Gasteiger partial charge in [0.2, 0.25) is 5.91 Å². The van der Waals surface area contributed by atoms with Crippen LogP contribution < -0.4 is 20.9 Å². The summed E-state index contributed by atoms with van der Waals surface area (Å²) < 4.78 is 29.8. The first-order valence-electron chi connectivity index (χ1n) is 10.3. The van der Waals surface area contributed by atoms with E-state index >= 15 is 0 Å². The van der Waals surface area contributed by atoms with Crippen LogP contribution in [-0.2, 0) is 23.7 Å². The molecule has 1 aromatic carbocycles. The van der Waals surface area contributed by atoms with Crippen molar-refractivity contribution in [1.29, 1.82) is 5.26 Å². The molecule has 2 N–H and O–H groups in total. The molecule has 3 rings (SSSR count). The smallest absolute Gasteiger partial charge is 0.347 e. The van der Waals surface area contributed by atoms with E-state index in [1.54, 1.807) is 6.07 Å². The lowest BCUT2D eigenvalue weighted by atomic mass is 10.1. The first kappa shape index (κ1) is 24.3. The lowest BCUT2D eigenvalue weighted by molar-refractivity contribution is -0.624. The van der Waals surface area contributed by atoms with Crippen LogP contribution in [0.25, 0.3) is 0 Å². The molecule has 0 radical (unpaired) electrons. The van der Waals surface area contributed by atoms with Crippen molar-refractivity contribution in [2.75, 3.05) is 18.4 Å². The molecular weight excluding hydrogens is 446 g/mol. The summed E-state index contributed by atoms with van der Waals surface area (Å²) >= 11 is 0. The number of pyridine rings is 1. The highest BCUT2D eigenvalue weighted by Crippen LogP contribution is 2.24. The molecule has 9 nitrogen and oxygen atoms in total. The summed E-state index contributed by atoms with van der Waals surface area (Å²) in [6, 6.07) is 13.1. The monoisotopic (exact) mass is 468 g/mol. The Bertz CT molecular complexity index is 1290. The lowest BCUT2D eigenvalue weighted by Crippen LogP contribution is -2.41. The maximum absolute atomic E-state index is 14.5. The number of alkyl halides is 2. The van der Waals surface area contributed by atoms with Gasteiger partial charge in [-0.15, -0.1) is 0 Å². The molecule has 2 heterocycles. The first-order chi connectivity index (χ1) is 16.2. The number of carbonyl (C=O) groups excluding carboxylic acids is 1. The van der Waals surface area contributed by atoms with E-state index in [2.05, 4.69) is 15.6 Å². The van der Waals surface area contributed by atoms with Crippen LogP contribution in [0.1, 0.15) is 22.5 Å². The summed E-state index contributed by atoms with van der Waals surface area (Å²) in [5, 5.41) is 25.8. The Balaban J connectivity index is 1.68. The average molecular weight is 468 g/mol. The first-order valence-corrected chi connectivity index (χ1v) is 10.3. The van der Waals surface area contributed by atoms with E-state index in [1.807, 2.05) is 31.2 Å². The minimum absolute atomic E-state index is 0.0350. The molecule has 3 aromatic rings. The molecule has 1 amide bonds. The quantitative estimate of drug-likeness (QED) is 0.363. The molecule has 0 atom stereocenters. The van der Waals surface area contributed by atoms with Crippen LogP contribution in [0.15, 0.2) is 59.7 Å². The topological polar surface area (TPSA) is 127 Å². The normalized spacial score (nSPS) is 11.0. The number of halogens is 2. The molecule has 0 aliphatic rings. The minimum Gasteiger partial charge on any atom is -0.618 e. The van der Waals surface area contributed by atoms with Gasteiger partial charge in [-0.3, -0.25) is 14.2 Å². The van der Waals surface area contributed by atoms with Crippen LogP contribution in [0, 0.1) is 23.5 Å². The Kier molecular flexibility index (Phi) is 7.53. The zero-order valence-corrected chi connectivity index (χ0v) is 18.3. The standard InChI is InChI=1S/C23H22F2N6O3/c1-16-5-4-6-17(11-16)8-9-27-20(32)14-30-18(12-26)13-28-21(22(30)33)29-15-23(24,25)19-7-2-3-10-31(19)34/h2-7,10-11,13H,8-9,14-15H2,1H3,(H,27,32)(H,28,29). The van der Waals surface area contributed by atoms with Crippen LogP contribution in [0.5, 0.6) is 0 Å². The van der Waals surface area contributed by atoms with Crippen LogP contribution in [0.3, 0.4) is 0 Å². The predicted octanol–water partition coefficient (Wildman–Crippen LogP) is 1.62. The molecule has 0 saturated heterocycles. The van der Waals surface area contributed by atoms with E-state index in [1.165, 1.54) is 12.1 Å². The third-order valence-corrected chi connectivity index (χ3v) is 4.97. The van der Waals surface area contributed by atoms with E-state index < -0.39 is 42.0 Å². The third-order valence-electron chi connectivity index (χ3n) is 4.97. The Hall–Kier alpha value is -4.33. The number of rotatable bonds is 9. The van der Waals surface area contributed by atoms with Crippen LogP contribution >= 0.6 is 0 Å². The number of amides is 1. The number of hydrogen-bond donors (Lipinski definition) is 2. The van der Waals surface area contributed by atoms with Crippen molar-refractivity contribution in [2.45, 2.75) is 25.8 Å². The van der Waals surface area contributed by atoms with E-state index in [0.717, 1.165) is 34.2 Å². The molecule has 0 unspecified atom stereocenters. The summed E-state index contributed by atoms with van der Waals surface area (Å²) in [7, 11) is 0. The van der Waals surface area contributed by atoms with Gasteiger partial charge < -0.3 is 15.8 Å². The fraction of sp³-hybridized carbons (Fsp3) is 0.261.